The molecule has 0 aliphatic carbocycles. The number of nitrogens with two attached hydrogens (primary N) is 1. The van der Waals surface area contributed by atoms with Gasteiger partial charge < -0.3 is 10.5 Å². The molecular weight excluding hydrogens is 458 g/mol. The average Bonchev–Trinajstić information content (AvgIpc) is 3.55. The highest BCUT2D eigenvalue weighted by molar-refractivity contribution is 7.20. The van der Waals surface area contributed by atoms with E-state index >= 15 is 0 Å². The second-order valence-electron chi connectivity index (χ2n) is 8.70. The topological polar surface area (TPSA) is 118 Å². The van der Waals surface area contributed by atoms with Crippen molar-refractivity contribution < 1.29 is 4.74 Å². The minimum absolute atomic E-state index is 0.0505. The Kier molecular flexibility index (Phi) is 4.72. The summed E-state index contributed by atoms with van der Waals surface area (Å²) in [4.78, 5) is 4.81. The van der Waals surface area contributed by atoms with Gasteiger partial charge in [-0.2, -0.15) is 10.4 Å². The third-order valence-electron chi connectivity index (χ3n) is 6.24. The number of aryl methyl sites for hydroxylation is 3. The molecule has 1 atom stereocenters. The predicted molar refractivity (Wildman–Crippen MR) is 134 cm³/mol. The van der Waals surface area contributed by atoms with Crippen molar-refractivity contribution >= 4 is 21.6 Å². The number of benzene rings is 2. The monoisotopic (exact) mass is 479 g/mol. The van der Waals surface area contributed by atoms with Gasteiger partial charge >= 0.3 is 0 Å². The van der Waals surface area contributed by atoms with Gasteiger partial charge in [-0.15, -0.1) is 5.10 Å². The van der Waals surface area contributed by atoms with Crippen LogP contribution in [0.5, 0.6) is 5.88 Å². The number of rotatable bonds is 3. The van der Waals surface area contributed by atoms with Crippen molar-refractivity contribution in [2.24, 2.45) is 5.73 Å². The molecule has 0 spiro atoms. The zero-order valence-electron chi connectivity index (χ0n) is 19.3. The molecule has 5 aromatic rings. The Morgan fingerprint density at radius 2 is 1.89 bits per heavy atom. The lowest BCUT2D eigenvalue weighted by Crippen LogP contribution is -2.21. The fraction of sp³-hybridized carbons (Fsp3) is 0.154. The summed E-state index contributed by atoms with van der Waals surface area (Å²) in [5.41, 5.74) is 13.9. The van der Waals surface area contributed by atoms with Crippen molar-refractivity contribution in [2.45, 2.75) is 26.7 Å². The van der Waals surface area contributed by atoms with Crippen LogP contribution in [0.2, 0.25) is 0 Å². The van der Waals surface area contributed by atoms with E-state index in [4.69, 9.17) is 20.6 Å². The van der Waals surface area contributed by atoms with Crippen LogP contribution in [0.15, 0.2) is 60.1 Å². The molecule has 1 aliphatic heterocycles. The lowest BCUT2D eigenvalue weighted by molar-refractivity contribution is 0.379. The molecule has 4 heterocycles. The fourth-order valence-electron chi connectivity index (χ4n) is 4.46. The SMILES string of the molecule is Cc1ccc(-c2nn(-c3nc4ccc(C)cc4s3)cc2C2C(C#N)=C(N)Oc3n[nH]c(C)c32)cc1. The number of nitriles is 1. The molecule has 2 aromatic carbocycles. The average molecular weight is 480 g/mol. The molecule has 1 aliphatic rings. The van der Waals surface area contributed by atoms with E-state index in [0.29, 0.717) is 11.5 Å². The maximum absolute atomic E-state index is 10.1. The van der Waals surface area contributed by atoms with Crippen molar-refractivity contribution in [3.8, 4) is 28.3 Å². The summed E-state index contributed by atoms with van der Waals surface area (Å²) in [7, 11) is 0. The minimum atomic E-state index is -0.482. The van der Waals surface area contributed by atoms with Gasteiger partial charge in [-0.3, -0.25) is 5.10 Å². The summed E-state index contributed by atoms with van der Waals surface area (Å²) >= 11 is 1.57. The first-order chi connectivity index (χ1) is 16.9. The molecule has 0 saturated carbocycles. The first-order valence-electron chi connectivity index (χ1n) is 11.1. The molecule has 6 rings (SSSR count). The van der Waals surface area contributed by atoms with E-state index in [2.05, 4.69) is 35.3 Å². The number of thiazole rings is 1. The van der Waals surface area contributed by atoms with E-state index in [1.807, 2.05) is 50.4 Å². The van der Waals surface area contributed by atoms with Gasteiger partial charge in [0.2, 0.25) is 16.9 Å². The molecular formula is C26H21N7OS. The first kappa shape index (κ1) is 21.1. The van der Waals surface area contributed by atoms with Gasteiger partial charge in [-0.25, -0.2) is 9.67 Å². The zero-order valence-corrected chi connectivity index (χ0v) is 20.1. The van der Waals surface area contributed by atoms with Crippen LogP contribution in [0.4, 0.5) is 0 Å². The standard InChI is InChI=1S/C26H21N7OS/c1-13-4-7-16(8-5-13)23-18(22-17(11-27)24(28)34-25-21(22)15(3)30-31-25)12-33(32-23)26-29-19-9-6-14(2)10-20(19)35-26/h4-10,12,22H,28H2,1-3H3,(H,30,31). The van der Waals surface area contributed by atoms with E-state index in [1.165, 1.54) is 5.56 Å². The number of aromatic nitrogens is 5. The number of nitrogens with one attached hydrogen (secondary N) is 1. The van der Waals surface area contributed by atoms with Gasteiger partial charge in [0.25, 0.3) is 0 Å². The molecule has 3 N–H and O–H groups in total. The quantitative estimate of drug-likeness (QED) is 0.375. The predicted octanol–water partition coefficient (Wildman–Crippen LogP) is 5.02. The normalized spacial score (nSPS) is 15.2. The second-order valence-corrected chi connectivity index (χ2v) is 9.71. The van der Waals surface area contributed by atoms with Crippen molar-refractivity contribution in [3.63, 3.8) is 0 Å². The van der Waals surface area contributed by atoms with Crippen molar-refractivity contribution in [1.29, 1.82) is 5.26 Å². The van der Waals surface area contributed by atoms with Crippen LogP contribution in [0.3, 0.4) is 0 Å². The smallest absolute Gasteiger partial charge is 0.244 e. The van der Waals surface area contributed by atoms with E-state index in [0.717, 1.165) is 49.0 Å². The number of hydrogen-bond donors (Lipinski definition) is 2. The Hall–Kier alpha value is -4.42. The lowest BCUT2D eigenvalue weighted by atomic mass is 9.83. The highest BCUT2D eigenvalue weighted by atomic mass is 32.1. The third-order valence-corrected chi connectivity index (χ3v) is 7.24. The van der Waals surface area contributed by atoms with Gasteiger partial charge in [-0.1, -0.05) is 47.2 Å². The van der Waals surface area contributed by atoms with E-state index < -0.39 is 5.92 Å². The second kappa shape index (κ2) is 7.82. The van der Waals surface area contributed by atoms with Crippen LogP contribution < -0.4 is 10.5 Å². The third kappa shape index (κ3) is 3.38. The van der Waals surface area contributed by atoms with Gasteiger partial charge in [0.1, 0.15) is 11.6 Å². The number of ether oxygens (including phenoxy) is 1. The fourth-order valence-corrected chi connectivity index (χ4v) is 5.45. The Balaban J connectivity index is 1.61. The Morgan fingerprint density at radius 1 is 1.11 bits per heavy atom. The highest BCUT2D eigenvalue weighted by Gasteiger charge is 2.37. The number of allylic oxidation sites excluding steroid dienone is 1. The van der Waals surface area contributed by atoms with E-state index in [9.17, 15) is 5.26 Å². The van der Waals surface area contributed by atoms with Gasteiger partial charge in [0.05, 0.1) is 21.8 Å². The van der Waals surface area contributed by atoms with Crippen molar-refractivity contribution in [3.05, 3.63) is 88.1 Å². The number of hydrogen-bond acceptors (Lipinski definition) is 7. The molecule has 9 heteroatoms. The number of aromatic amines is 1. The van der Waals surface area contributed by atoms with Crippen molar-refractivity contribution in [1.82, 2.24) is 25.0 Å². The van der Waals surface area contributed by atoms with Crippen LogP contribution in [-0.2, 0) is 0 Å². The maximum atomic E-state index is 10.1. The summed E-state index contributed by atoms with van der Waals surface area (Å²) in [6, 6.07) is 16.6. The number of nitrogens with zero attached hydrogens (tertiary/aromatic N) is 5. The molecule has 0 amide bonds. The van der Waals surface area contributed by atoms with Crippen molar-refractivity contribution in [2.75, 3.05) is 0 Å². The molecule has 3 aromatic heterocycles. The summed E-state index contributed by atoms with van der Waals surface area (Å²) < 4.78 is 8.55. The molecule has 35 heavy (non-hydrogen) atoms. The Bertz CT molecular complexity index is 1680. The molecule has 1 unspecified atom stereocenters. The van der Waals surface area contributed by atoms with Crippen LogP contribution in [-0.4, -0.2) is 25.0 Å². The molecule has 0 bridgehead atoms. The Labute approximate surface area is 205 Å². The number of H-pyrrole nitrogens is 1. The lowest BCUT2D eigenvalue weighted by Gasteiger charge is -2.23. The van der Waals surface area contributed by atoms with Gasteiger partial charge in [0, 0.05) is 28.6 Å². The Morgan fingerprint density at radius 3 is 2.66 bits per heavy atom. The van der Waals surface area contributed by atoms with E-state index in [1.54, 1.807) is 16.0 Å². The maximum Gasteiger partial charge on any atom is 0.244 e. The molecule has 172 valence electrons. The summed E-state index contributed by atoms with van der Waals surface area (Å²) in [6.07, 6.45) is 1.94. The van der Waals surface area contributed by atoms with Gasteiger partial charge in [0.15, 0.2) is 0 Å². The highest BCUT2D eigenvalue weighted by Crippen LogP contribution is 2.45. The molecule has 8 nitrogen and oxygen atoms in total. The van der Waals surface area contributed by atoms with Crippen LogP contribution in [0.25, 0.3) is 26.6 Å². The molecule has 0 radical (unpaired) electrons. The van der Waals surface area contributed by atoms with Crippen LogP contribution in [0.1, 0.15) is 33.9 Å². The van der Waals surface area contributed by atoms with E-state index in [-0.39, 0.29) is 5.88 Å². The van der Waals surface area contributed by atoms with Crippen LogP contribution in [0, 0.1) is 32.1 Å². The number of fused-ring (bicyclic) bond motifs is 2. The molecule has 0 saturated heterocycles. The largest absolute Gasteiger partial charge is 0.420 e. The minimum Gasteiger partial charge on any atom is -0.420 e. The van der Waals surface area contributed by atoms with Gasteiger partial charge in [-0.05, 0) is 38.5 Å². The summed E-state index contributed by atoms with van der Waals surface area (Å²) in [6.45, 7) is 6.02. The molecule has 0 fully saturated rings. The first-order valence-corrected chi connectivity index (χ1v) is 11.9. The van der Waals surface area contributed by atoms with Crippen LogP contribution >= 0.6 is 11.3 Å². The summed E-state index contributed by atoms with van der Waals surface area (Å²) in [5.74, 6) is -0.0548. The summed E-state index contributed by atoms with van der Waals surface area (Å²) in [5, 5.41) is 23.0. The zero-order chi connectivity index (χ0) is 24.3.